The topological polar surface area (TPSA) is 64.7 Å². The van der Waals surface area contributed by atoms with Gasteiger partial charge >= 0.3 is 0 Å². The third kappa shape index (κ3) is 2.84. The Morgan fingerprint density at radius 2 is 2.00 bits per heavy atom. The molecule has 1 aromatic carbocycles. The second kappa shape index (κ2) is 5.64. The van der Waals surface area contributed by atoms with Crippen LogP contribution in [-0.4, -0.2) is 15.0 Å². The monoisotopic (exact) mass is 302 g/mol. The van der Waals surface area contributed by atoms with Crippen molar-refractivity contribution in [3.8, 4) is 0 Å². The number of fused-ring (bicyclic) bond motifs is 1. The molecule has 3 rings (SSSR count). The first-order chi connectivity index (χ1) is 9.72. The molecule has 3 aromatic rings. The minimum Gasteiger partial charge on any atom is -0.384 e. The molecule has 2 N–H and O–H groups in total. The summed E-state index contributed by atoms with van der Waals surface area (Å²) in [5, 5.41) is 2.08. The van der Waals surface area contributed by atoms with Crippen LogP contribution in [0.15, 0.2) is 47.8 Å². The van der Waals surface area contributed by atoms with Crippen molar-refractivity contribution in [3.63, 3.8) is 0 Å². The van der Waals surface area contributed by atoms with Crippen LogP contribution in [0.3, 0.4) is 0 Å². The molecule has 0 radical (unpaired) electrons. The summed E-state index contributed by atoms with van der Waals surface area (Å²) >= 11 is 7.37. The summed E-state index contributed by atoms with van der Waals surface area (Å²) in [6.45, 7) is 0. The molecule has 20 heavy (non-hydrogen) atoms. The lowest BCUT2D eigenvalue weighted by molar-refractivity contribution is 0.976. The summed E-state index contributed by atoms with van der Waals surface area (Å²) in [5.74, 6) is 1.12. The van der Waals surface area contributed by atoms with E-state index in [-0.39, 0.29) is 0 Å². The molecule has 0 saturated heterocycles. The maximum Gasteiger partial charge on any atom is 0.191 e. The van der Waals surface area contributed by atoms with Crippen molar-refractivity contribution in [2.45, 2.75) is 10.9 Å². The minimum absolute atomic E-state index is 0.361. The van der Waals surface area contributed by atoms with Crippen LogP contribution in [0.5, 0.6) is 0 Å². The molecule has 0 unspecified atom stereocenters. The zero-order valence-corrected chi connectivity index (χ0v) is 12.0. The standard InChI is InChI=1S/C14H11ClN4S/c15-12-7-13(16)19-14(18-12)20-8-9-5-6-17-11-4-2-1-3-10(9)11/h1-7H,8H2,(H2,16,18,19). The predicted molar refractivity (Wildman–Crippen MR) is 82.8 cm³/mol. The molecule has 2 aromatic heterocycles. The van der Waals surface area contributed by atoms with Gasteiger partial charge in [-0.2, -0.15) is 0 Å². The van der Waals surface area contributed by atoms with Crippen molar-refractivity contribution in [2.75, 3.05) is 5.73 Å². The van der Waals surface area contributed by atoms with Crippen LogP contribution in [0.2, 0.25) is 5.15 Å². The maximum atomic E-state index is 5.87. The highest BCUT2D eigenvalue weighted by Gasteiger charge is 2.05. The molecule has 100 valence electrons. The summed E-state index contributed by atoms with van der Waals surface area (Å²) in [6.07, 6.45) is 1.81. The molecule has 0 aliphatic carbocycles. The Hall–Kier alpha value is -1.85. The lowest BCUT2D eigenvalue weighted by Gasteiger charge is -2.05. The van der Waals surface area contributed by atoms with Gasteiger partial charge in [0.05, 0.1) is 5.52 Å². The predicted octanol–water partition coefficient (Wildman–Crippen LogP) is 3.55. The highest BCUT2D eigenvalue weighted by molar-refractivity contribution is 7.98. The van der Waals surface area contributed by atoms with Crippen molar-refractivity contribution in [3.05, 3.63) is 53.3 Å². The van der Waals surface area contributed by atoms with Crippen molar-refractivity contribution < 1.29 is 0 Å². The van der Waals surface area contributed by atoms with Crippen molar-refractivity contribution >= 4 is 40.1 Å². The van der Waals surface area contributed by atoms with E-state index >= 15 is 0 Å². The second-order valence-corrected chi connectivity index (χ2v) is 5.50. The fourth-order valence-corrected chi connectivity index (χ4v) is 3.01. The third-order valence-corrected chi connectivity index (χ3v) is 3.88. The zero-order valence-electron chi connectivity index (χ0n) is 10.5. The summed E-state index contributed by atoms with van der Waals surface area (Å²) in [5.41, 5.74) is 7.83. The SMILES string of the molecule is Nc1cc(Cl)nc(SCc2ccnc3ccccc23)n1. The number of pyridine rings is 1. The first-order valence-electron chi connectivity index (χ1n) is 5.98. The van der Waals surface area contributed by atoms with Crippen LogP contribution >= 0.6 is 23.4 Å². The fraction of sp³-hybridized carbons (Fsp3) is 0.0714. The van der Waals surface area contributed by atoms with Crippen LogP contribution in [0.25, 0.3) is 10.9 Å². The molecule has 0 bridgehead atoms. The van der Waals surface area contributed by atoms with Crippen LogP contribution in [0, 0.1) is 0 Å². The molecule has 0 spiro atoms. The van der Waals surface area contributed by atoms with Crippen LogP contribution < -0.4 is 5.73 Å². The van der Waals surface area contributed by atoms with E-state index in [2.05, 4.69) is 21.0 Å². The van der Waals surface area contributed by atoms with Crippen molar-refractivity contribution in [2.24, 2.45) is 0 Å². The number of nitrogen functional groups attached to an aromatic ring is 1. The number of rotatable bonds is 3. The van der Waals surface area contributed by atoms with Crippen LogP contribution in [0.4, 0.5) is 5.82 Å². The molecular weight excluding hydrogens is 292 g/mol. The number of nitrogens with zero attached hydrogens (tertiary/aromatic N) is 3. The number of hydrogen-bond donors (Lipinski definition) is 1. The van der Waals surface area contributed by atoms with Gasteiger partial charge < -0.3 is 5.73 Å². The molecule has 0 aliphatic rings. The molecular formula is C14H11ClN4S. The Bertz CT molecular complexity index is 738. The Balaban J connectivity index is 1.87. The normalized spacial score (nSPS) is 10.8. The van der Waals surface area contributed by atoms with Gasteiger partial charge in [-0.1, -0.05) is 41.6 Å². The van der Waals surface area contributed by atoms with Crippen LogP contribution in [-0.2, 0) is 5.75 Å². The fourth-order valence-electron chi connectivity index (χ4n) is 1.90. The number of para-hydroxylation sites is 1. The van der Waals surface area contributed by atoms with E-state index in [1.165, 1.54) is 23.4 Å². The van der Waals surface area contributed by atoms with E-state index in [1.807, 2.05) is 30.5 Å². The maximum absolute atomic E-state index is 5.87. The summed E-state index contributed by atoms with van der Waals surface area (Å²) in [6, 6.07) is 11.6. The highest BCUT2D eigenvalue weighted by Crippen LogP contribution is 2.25. The van der Waals surface area contributed by atoms with Gasteiger partial charge in [0.1, 0.15) is 11.0 Å². The van der Waals surface area contributed by atoms with E-state index in [0.29, 0.717) is 16.1 Å². The number of hydrogen-bond acceptors (Lipinski definition) is 5. The van der Waals surface area contributed by atoms with Gasteiger partial charge in [-0.25, -0.2) is 9.97 Å². The van der Waals surface area contributed by atoms with Gasteiger partial charge in [-0.05, 0) is 17.7 Å². The van der Waals surface area contributed by atoms with Gasteiger partial charge in [0, 0.05) is 23.4 Å². The largest absolute Gasteiger partial charge is 0.384 e. The number of anilines is 1. The summed E-state index contributed by atoms with van der Waals surface area (Å²) in [4.78, 5) is 12.7. The highest BCUT2D eigenvalue weighted by atomic mass is 35.5. The lowest BCUT2D eigenvalue weighted by Crippen LogP contribution is -1.95. The van der Waals surface area contributed by atoms with E-state index in [1.54, 1.807) is 0 Å². The van der Waals surface area contributed by atoms with Crippen molar-refractivity contribution in [1.82, 2.24) is 15.0 Å². The molecule has 0 amide bonds. The Kier molecular flexibility index (Phi) is 3.71. The number of halogens is 1. The number of thioether (sulfide) groups is 1. The Labute approximate surface area is 125 Å². The van der Waals surface area contributed by atoms with E-state index < -0.39 is 0 Å². The Morgan fingerprint density at radius 3 is 2.85 bits per heavy atom. The molecule has 0 atom stereocenters. The molecule has 0 saturated carbocycles. The third-order valence-electron chi connectivity index (χ3n) is 2.79. The smallest absolute Gasteiger partial charge is 0.191 e. The van der Waals surface area contributed by atoms with E-state index in [0.717, 1.165) is 16.7 Å². The number of nitrogens with two attached hydrogens (primary N) is 1. The van der Waals surface area contributed by atoms with Gasteiger partial charge in [-0.3, -0.25) is 4.98 Å². The first-order valence-corrected chi connectivity index (χ1v) is 7.34. The second-order valence-electron chi connectivity index (χ2n) is 4.17. The van der Waals surface area contributed by atoms with Crippen molar-refractivity contribution in [1.29, 1.82) is 0 Å². The van der Waals surface area contributed by atoms with Gasteiger partial charge in [0.25, 0.3) is 0 Å². The average molecular weight is 303 g/mol. The lowest BCUT2D eigenvalue weighted by atomic mass is 10.1. The molecule has 0 fully saturated rings. The summed E-state index contributed by atoms with van der Waals surface area (Å²) < 4.78 is 0. The van der Waals surface area contributed by atoms with Gasteiger partial charge in [0.15, 0.2) is 5.16 Å². The van der Waals surface area contributed by atoms with Crippen LogP contribution in [0.1, 0.15) is 5.56 Å². The quantitative estimate of drug-likeness (QED) is 0.455. The Morgan fingerprint density at radius 1 is 1.15 bits per heavy atom. The molecule has 0 aliphatic heterocycles. The average Bonchev–Trinajstić information content (AvgIpc) is 2.44. The van der Waals surface area contributed by atoms with E-state index in [9.17, 15) is 0 Å². The number of benzene rings is 1. The minimum atomic E-state index is 0.361. The zero-order chi connectivity index (χ0) is 13.9. The van der Waals surface area contributed by atoms with E-state index in [4.69, 9.17) is 17.3 Å². The summed E-state index contributed by atoms with van der Waals surface area (Å²) in [7, 11) is 0. The van der Waals surface area contributed by atoms with Gasteiger partial charge in [0.2, 0.25) is 0 Å². The first kappa shape index (κ1) is 13.1. The molecule has 4 nitrogen and oxygen atoms in total. The molecule has 6 heteroatoms. The molecule has 2 heterocycles. The number of aromatic nitrogens is 3. The van der Waals surface area contributed by atoms with Gasteiger partial charge in [-0.15, -0.1) is 0 Å².